The predicted molar refractivity (Wildman–Crippen MR) is 67.0 cm³/mol. The number of amides is 1. The van der Waals surface area contributed by atoms with Gasteiger partial charge in [0.1, 0.15) is 0 Å². The van der Waals surface area contributed by atoms with Crippen molar-refractivity contribution >= 4 is 5.91 Å². The van der Waals surface area contributed by atoms with E-state index in [0.29, 0.717) is 12.3 Å². The van der Waals surface area contributed by atoms with Crippen molar-refractivity contribution in [3.05, 3.63) is 12.2 Å². The lowest BCUT2D eigenvalue weighted by molar-refractivity contribution is -0.118. The van der Waals surface area contributed by atoms with E-state index in [9.17, 15) is 4.79 Å². The van der Waals surface area contributed by atoms with Gasteiger partial charge in [-0.3, -0.25) is 4.79 Å². The lowest BCUT2D eigenvalue weighted by atomic mass is 9.82. The number of nitrogens with one attached hydrogen (secondary N) is 1. The summed E-state index contributed by atoms with van der Waals surface area (Å²) >= 11 is 0. The van der Waals surface area contributed by atoms with Gasteiger partial charge in [0.2, 0.25) is 5.91 Å². The Labute approximate surface area is 98.5 Å². The molecule has 0 saturated heterocycles. The van der Waals surface area contributed by atoms with E-state index >= 15 is 0 Å². The standard InChI is InChI=1S/C13H24N2O/c1-10(2)9-15-12(8-13(14)16)11-6-4-3-5-7-11/h11-12,15H,1,3-9H2,2H3,(H2,14,16)/t12-/m0/s1. The quantitative estimate of drug-likeness (QED) is 0.678. The largest absolute Gasteiger partial charge is 0.370 e. The highest BCUT2D eigenvalue weighted by atomic mass is 16.1. The number of primary amides is 1. The van der Waals surface area contributed by atoms with E-state index < -0.39 is 0 Å². The van der Waals surface area contributed by atoms with E-state index in [1.807, 2.05) is 6.92 Å². The zero-order chi connectivity index (χ0) is 12.0. The molecule has 0 aliphatic heterocycles. The number of carbonyl (C=O) groups excluding carboxylic acids is 1. The Bertz CT molecular complexity index is 244. The van der Waals surface area contributed by atoms with E-state index in [2.05, 4.69) is 11.9 Å². The number of nitrogens with two attached hydrogens (primary N) is 1. The smallest absolute Gasteiger partial charge is 0.218 e. The molecule has 3 heteroatoms. The molecule has 92 valence electrons. The second kappa shape index (κ2) is 6.69. The minimum absolute atomic E-state index is 0.204. The highest BCUT2D eigenvalue weighted by Crippen LogP contribution is 2.27. The Morgan fingerprint density at radius 3 is 2.56 bits per heavy atom. The molecular weight excluding hydrogens is 200 g/mol. The van der Waals surface area contributed by atoms with Crippen molar-refractivity contribution in [2.24, 2.45) is 11.7 Å². The van der Waals surface area contributed by atoms with Gasteiger partial charge in [-0.25, -0.2) is 0 Å². The van der Waals surface area contributed by atoms with E-state index in [1.54, 1.807) is 0 Å². The maximum absolute atomic E-state index is 11.1. The van der Waals surface area contributed by atoms with Crippen LogP contribution in [-0.2, 0) is 4.79 Å². The van der Waals surface area contributed by atoms with Gasteiger partial charge in [0.05, 0.1) is 0 Å². The van der Waals surface area contributed by atoms with Gasteiger partial charge < -0.3 is 11.1 Å². The number of hydrogen-bond acceptors (Lipinski definition) is 2. The first-order valence-electron chi connectivity index (χ1n) is 6.25. The normalized spacial score (nSPS) is 19.3. The van der Waals surface area contributed by atoms with Gasteiger partial charge in [-0.1, -0.05) is 31.4 Å². The summed E-state index contributed by atoms with van der Waals surface area (Å²) in [6, 6.07) is 0.245. The van der Waals surface area contributed by atoms with Crippen molar-refractivity contribution < 1.29 is 4.79 Å². The topological polar surface area (TPSA) is 55.1 Å². The third-order valence-electron chi connectivity index (χ3n) is 3.31. The summed E-state index contributed by atoms with van der Waals surface area (Å²) in [4.78, 5) is 11.1. The zero-order valence-corrected chi connectivity index (χ0v) is 10.3. The van der Waals surface area contributed by atoms with Crippen LogP contribution < -0.4 is 11.1 Å². The highest BCUT2D eigenvalue weighted by molar-refractivity contribution is 5.74. The van der Waals surface area contributed by atoms with E-state index in [-0.39, 0.29) is 11.9 Å². The second-order valence-corrected chi connectivity index (χ2v) is 5.01. The molecule has 1 rings (SSSR count). The van der Waals surface area contributed by atoms with Gasteiger partial charge in [0, 0.05) is 19.0 Å². The number of rotatable bonds is 6. The van der Waals surface area contributed by atoms with Gasteiger partial charge >= 0.3 is 0 Å². The first-order chi connectivity index (χ1) is 7.59. The minimum atomic E-state index is -0.204. The van der Waals surface area contributed by atoms with Crippen LogP contribution in [0.5, 0.6) is 0 Å². The first-order valence-corrected chi connectivity index (χ1v) is 6.25. The summed E-state index contributed by atoms with van der Waals surface area (Å²) in [6.45, 7) is 6.65. The van der Waals surface area contributed by atoms with Crippen LogP contribution >= 0.6 is 0 Å². The number of hydrogen-bond donors (Lipinski definition) is 2. The van der Waals surface area contributed by atoms with Crippen molar-refractivity contribution in [2.45, 2.75) is 51.5 Å². The summed E-state index contributed by atoms with van der Waals surface area (Å²) in [5, 5.41) is 3.42. The van der Waals surface area contributed by atoms with Crippen molar-refractivity contribution in [2.75, 3.05) is 6.54 Å². The third kappa shape index (κ3) is 4.79. The molecule has 0 unspecified atom stereocenters. The molecule has 0 radical (unpaired) electrons. The molecule has 16 heavy (non-hydrogen) atoms. The maximum Gasteiger partial charge on any atom is 0.218 e. The summed E-state index contributed by atoms with van der Waals surface area (Å²) in [5.74, 6) is 0.408. The maximum atomic E-state index is 11.1. The molecule has 0 aromatic heterocycles. The Morgan fingerprint density at radius 1 is 1.44 bits per heavy atom. The molecule has 1 fully saturated rings. The predicted octanol–water partition coefficient (Wildman–Crippen LogP) is 1.98. The van der Waals surface area contributed by atoms with Crippen LogP contribution in [0.1, 0.15) is 45.4 Å². The van der Waals surface area contributed by atoms with Crippen LogP contribution in [0.25, 0.3) is 0 Å². The molecule has 3 nitrogen and oxygen atoms in total. The SMILES string of the molecule is C=C(C)CN[C@@H](CC(N)=O)C1CCCCC1. The minimum Gasteiger partial charge on any atom is -0.370 e. The Hall–Kier alpha value is -0.830. The third-order valence-corrected chi connectivity index (χ3v) is 3.31. The molecule has 1 atom stereocenters. The van der Waals surface area contributed by atoms with E-state index in [0.717, 1.165) is 12.1 Å². The zero-order valence-electron chi connectivity index (χ0n) is 10.3. The number of carbonyl (C=O) groups is 1. The molecule has 0 aromatic carbocycles. The van der Waals surface area contributed by atoms with E-state index in [1.165, 1.54) is 32.1 Å². The van der Waals surface area contributed by atoms with Crippen LogP contribution in [-0.4, -0.2) is 18.5 Å². The average Bonchev–Trinajstić information content (AvgIpc) is 2.25. The van der Waals surface area contributed by atoms with Crippen molar-refractivity contribution in [1.82, 2.24) is 5.32 Å². The molecule has 1 aliphatic rings. The van der Waals surface area contributed by atoms with Crippen LogP contribution in [0, 0.1) is 5.92 Å². The molecule has 1 saturated carbocycles. The van der Waals surface area contributed by atoms with Gasteiger partial charge in [-0.05, 0) is 25.7 Å². The Morgan fingerprint density at radius 2 is 2.06 bits per heavy atom. The first kappa shape index (κ1) is 13.2. The molecule has 3 N–H and O–H groups in total. The van der Waals surface area contributed by atoms with Gasteiger partial charge in [0.15, 0.2) is 0 Å². The van der Waals surface area contributed by atoms with Gasteiger partial charge in [-0.15, -0.1) is 0 Å². The molecule has 0 spiro atoms. The fourth-order valence-corrected chi connectivity index (χ4v) is 2.46. The van der Waals surface area contributed by atoms with Crippen LogP contribution in [0.2, 0.25) is 0 Å². The van der Waals surface area contributed by atoms with E-state index in [4.69, 9.17) is 5.73 Å². The monoisotopic (exact) mass is 224 g/mol. The fourth-order valence-electron chi connectivity index (χ4n) is 2.46. The second-order valence-electron chi connectivity index (χ2n) is 5.01. The van der Waals surface area contributed by atoms with Gasteiger partial charge in [0.25, 0.3) is 0 Å². The molecule has 0 aromatic rings. The molecule has 0 heterocycles. The van der Waals surface area contributed by atoms with Crippen LogP contribution in [0.3, 0.4) is 0 Å². The Balaban J connectivity index is 2.47. The summed E-state index contributed by atoms with van der Waals surface area (Å²) in [5.41, 5.74) is 6.41. The summed E-state index contributed by atoms with van der Waals surface area (Å²) < 4.78 is 0. The highest BCUT2D eigenvalue weighted by Gasteiger charge is 2.24. The van der Waals surface area contributed by atoms with Crippen molar-refractivity contribution in [3.63, 3.8) is 0 Å². The molecular formula is C13H24N2O. The molecule has 1 aliphatic carbocycles. The summed E-state index contributed by atoms with van der Waals surface area (Å²) in [6.07, 6.45) is 6.81. The summed E-state index contributed by atoms with van der Waals surface area (Å²) in [7, 11) is 0. The van der Waals surface area contributed by atoms with Crippen LogP contribution in [0.4, 0.5) is 0 Å². The van der Waals surface area contributed by atoms with Gasteiger partial charge in [-0.2, -0.15) is 0 Å². The lowest BCUT2D eigenvalue weighted by Crippen LogP contribution is -2.41. The van der Waals surface area contributed by atoms with Crippen LogP contribution in [0.15, 0.2) is 12.2 Å². The molecule has 0 bridgehead atoms. The Kier molecular flexibility index (Phi) is 5.53. The fraction of sp³-hybridized carbons (Fsp3) is 0.769. The van der Waals surface area contributed by atoms with Crippen molar-refractivity contribution in [1.29, 1.82) is 0 Å². The molecule has 1 amide bonds. The van der Waals surface area contributed by atoms with Crippen molar-refractivity contribution in [3.8, 4) is 0 Å². The lowest BCUT2D eigenvalue weighted by Gasteiger charge is -2.30. The average molecular weight is 224 g/mol.